The normalized spacial score (nSPS) is 12.4. The molecule has 0 N–H and O–H groups in total. The highest BCUT2D eigenvalue weighted by Crippen LogP contribution is 2.14. The van der Waals surface area contributed by atoms with E-state index in [1.165, 1.54) is 103 Å². The molecular formula is C49H86O6. The number of hydrogen-bond acceptors (Lipinski definition) is 6. The van der Waals surface area contributed by atoms with E-state index in [2.05, 4.69) is 69.4 Å². The molecule has 318 valence electrons. The molecule has 0 aromatic rings. The second-order valence-corrected chi connectivity index (χ2v) is 15.3. The van der Waals surface area contributed by atoms with Crippen LogP contribution in [-0.2, 0) is 28.6 Å². The van der Waals surface area contributed by atoms with Gasteiger partial charge in [-0.1, -0.05) is 179 Å². The molecule has 0 amide bonds. The summed E-state index contributed by atoms with van der Waals surface area (Å²) in [6.45, 7) is 6.51. The van der Waals surface area contributed by atoms with E-state index in [1.54, 1.807) is 0 Å². The van der Waals surface area contributed by atoms with Gasteiger partial charge in [0, 0.05) is 19.3 Å². The Morgan fingerprint density at radius 3 is 1.16 bits per heavy atom. The summed E-state index contributed by atoms with van der Waals surface area (Å²) in [5.74, 6) is -0.938. The van der Waals surface area contributed by atoms with Crippen molar-refractivity contribution >= 4 is 17.9 Å². The fraction of sp³-hybridized carbons (Fsp3) is 0.776. The van der Waals surface area contributed by atoms with Crippen LogP contribution in [0.4, 0.5) is 0 Å². The van der Waals surface area contributed by atoms with E-state index < -0.39 is 6.10 Å². The SMILES string of the molecule is CCCC/C=C\CCCCCCCC(=O)O[C@@H](COC(=O)CCCC/C=C\C/C=C\C/C=C\CCCCC)COC(=O)CCCCCCCCCCCCC. The first kappa shape index (κ1) is 52.4. The third-order valence-corrected chi connectivity index (χ3v) is 9.81. The number of allylic oxidation sites excluding steroid dienone is 8. The zero-order chi connectivity index (χ0) is 40.1. The minimum Gasteiger partial charge on any atom is -0.462 e. The molecule has 0 saturated heterocycles. The predicted molar refractivity (Wildman–Crippen MR) is 233 cm³/mol. The van der Waals surface area contributed by atoms with Crippen molar-refractivity contribution in [3.05, 3.63) is 48.6 Å². The lowest BCUT2D eigenvalue weighted by atomic mass is 10.1. The Labute approximate surface area is 339 Å². The van der Waals surface area contributed by atoms with Gasteiger partial charge in [0.1, 0.15) is 13.2 Å². The molecule has 0 radical (unpaired) electrons. The summed E-state index contributed by atoms with van der Waals surface area (Å²) in [7, 11) is 0. The molecule has 6 nitrogen and oxygen atoms in total. The quantitative estimate of drug-likeness (QED) is 0.0267. The van der Waals surface area contributed by atoms with Crippen LogP contribution >= 0.6 is 0 Å². The second-order valence-electron chi connectivity index (χ2n) is 15.3. The molecule has 0 aliphatic rings. The van der Waals surface area contributed by atoms with Crippen molar-refractivity contribution in [2.75, 3.05) is 13.2 Å². The number of carbonyl (C=O) groups is 3. The van der Waals surface area contributed by atoms with Gasteiger partial charge in [0.2, 0.25) is 0 Å². The zero-order valence-electron chi connectivity index (χ0n) is 36.2. The fourth-order valence-corrected chi connectivity index (χ4v) is 6.25. The lowest BCUT2D eigenvalue weighted by Crippen LogP contribution is -2.30. The average Bonchev–Trinajstić information content (AvgIpc) is 3.18. The summed E-state index contributed by atoms with van der Waals surface area (Å²) in [6, 6.07) is 0. The molecule has 0 bridgehead atoms. The lowest BCUT2D eigenvalue weighted by molar-refractivity contribution is -0.167. The molecule has 0 heterocycles. The maximum atomic E-state index is 12.7. The molecule has 0 aliphatic carbocycles. The third kappa shape index (κ3) is 42.4. The van der Waals surface area contributed by atoms with Crippen molar-refractivity contribution in [3.8, 4) is 0 Å². The highest BCUT2D eigenvalue weighted by Gasteiger charge is 2.19. The summed E-state index contributed by atoms with van der Waals surface area (Å²) in [5, 5.41) is 0. The van der Waals surface area contributed by atoms with Gasteiger partial charge in [0.25, 0.3) is 0 Å². The predicted octanol–water partition coefficient (Wildman–Crippen LogP) is 14.8. The van der Waals surface area contributed by atoms with Gasteiger partial charge in [-0.2, -0.15) is 0 Å². The Bertz CT molecular complexity index is 980. The van der Waals surface area contributed by atoms with Gasteiger partial charge < -0.3 is 14.2 Å². The lowest BCUT2D eigenvalue weighted by Gasteiger charge is -2.18. The zero-order valence-corrected chi connectivity index (χ0v) is 36.2. The molecule has 55 heavy (non-hydrogen) atoms. The van der Waals surface area contributed by atoms with Crippen LogP contribution in [0.5, 0.6) is 0 Å². The Balaban J connectivity index is 4.43. The summed E-state index contributed by atoms with van der Waals surface area (Å²) in [6.07, 6.45) is 50.9. The molecular weight excluding hydrogens is 685 g/mol. The van der Waals surface area contributed by atoms with E-state index >= 15 is 0 Å². The molecule has 0 saturated carbocycles. The Hall–Kier alpha value is -2.63. The van der Waals surface area contributed by atoms with E-state index in [4.69, 9.17) is 14.2 Å². The van der Waals surface area contributed by atoms with Crippen LogP contribution in [0.25, 0.3) is 0 Å². The second kappa shape index (κ2) is 44.1. The Morgan fingerprint density at radius 1 is 0.364 bits per heavy atom. The summed E-state index contributed by atoms with van der Waals surface area (Å²) >= 11 is 0. The number of unbranched alkanes of at least 4 members (excludes halogenated alkanes) is 22. The van der Waals surface area contributed by atoms with E-state index in [1.807, 2.05) is 0 Å². The van der Waals surface area contributed by atoms with Gasteiger partial charge in [0.05, 0.1) is 0 Å². The van der Waals surface area contributed by atoms with Gasteiger partial charge in [-0.05, 0) is 77.0 Å². The minimum absolute atomic E-state index is 0.0872. The highest BCUT2D eigenvalue weighted by atomic mass is 16.6. The maximum Gasteiger partial charge on any atom is 0.306 e. The van der Waals surface area contributed by atoms with Crippen molar-refractivity contribution in [3.63, 3.8) is 0 Å². The standard InChI is InChI=1S/C49H86O6/c1-4-7-10-13-16-19-22-23-24-25-28-30-33-36-39-42-48(51)54-45-46(55-49(52)43-40-37-34-31-27-21-18-15-12-9-6-3)44-53-47(50)41-38-35-32-29-26-20-17-14-11-8-5-2/h15-16,18-19,23-24,28,30,46H,4-14,17,20-22,25-27,29,31-45H2,1-3H3/b18-15-,19-16-,24-23-,30-28-/t46-/m1/s1. The summed E-state index contributed by atoms with van der Waals surface area (Å²) in [4.78, 5) is 37.7. The van der Waals surface area contributed by atoms with E-state index in [0.29, 0.717) is 19.3 Å². The Kier molecular flexibility index (Phi) is 42.0. The third-order valence-electron chi connectivity index (χ3n) is 9.81. The largest absolute Gasteiger partial charge is 0.462 e. The molecule has 0 aliphatic heterocycles. The van der Waals surface area contributed by atoms with Crippen LogP contribution in [0.2, 0.25) is 0 Å². The molecule has 6 heteroatoms. The maximum absolute atomic E-state index is 12.7. The van der Waals surface area contributed by atoms with Crippen molar-refractivity contribution in [2.24, 2.45) is 0 Å². The first-order valence-electron chi connectivity index (χ1n) is 23.1. The van der Waals surface area contributed by atoms with Crippen molar-refractivity contribution in [1.29, 1.82) is 0 Å². The molecule has 0 fully saturated rings. The Morgan fingerprint density at radius 2 is 0.673 bits per heavy atom. The first-order valence-corrected chi connectivity index (χ1v) is 23.1. The van der Waals surface area contributed by atoms with Crippen molar-refractivity contribution in [1.82, 2.24) is 0 Å². The topological polar surface area (TPSA) is 78.9 Å². The monoisotopic (exact) mass is 771 g/mol. The number of carbonyl (C=O) groups excluding carboxylic acids is 3. The molecule has 0 unspecified atom stereocenters. The van der Waals surface area contributed by atoms with Gasteiger partial charge in [0.15, 0.2) is 6.10 Å². The van der Waals surface area contributed by atoms with Gasteiger partial charge in [-0.3, -0.25) is 14.4 Å². The molecule has 0 spiro atoms. The van der Waals surface area contributed by atoms with Crippen LogP contribution in [0, 0.1) is 0 Å². The molecule has 1 atom stereocenters. The van der Waals surface area contributed by atoms with Crippen LogP contribution in [0.15, 0.2) is 48.6 Å². The summed E-state index contributed by atoms with van der Waals surface area (Å²) < 4.78 is 16.7. The smallest absolute Gasteiger partial charge is 0.306 e. The van der Waals surface area contributed by atoms with E-state index in [0.717, 1.165) is 83.5 Å². The average molecular weight is 771 g/mol. The summed E-state index contributed by atoms with van der Waals surface area (Å²) in [5.41, 5.74) is 0. The van der Waals surface area contributed by atoms with Crippen molar-refractivity contribution < 1.29 is 28.6 Å². The first-order chi connectivity index (χ1) is 27.0. The van der Waals surface area contributed by atoms with Crippen LogP contribution in [-0.4, -0.2) is 37.2 Å². The van der Waals surface area contributed by atoms with Crippen LogP contribution in [0.1, 0.15) is 226 Å². The number of hydrogen-bond donors (Lipinski definition) is 0. The molecule has 0 aromatic carbocycles. The highest BCUT2D eigenvalue weighted by molar-refractivity contribution is 5.71. The number of esters is 3. The van der Waals surface area contributed by atoms with Gasteiger partial charge in [-0.15, -0.1) is 0 Å². The van der Waals surface area contributed by atoms with E-state index in [-0.39, 0.29) is 31.1 Å². The fourth-order valence-electron chi connectivity index (χ4n) is 6.25. The molecule has 0 aromatic heterocycles. The number of rotatable bonds is 41. The van der Waals surface area contributed by atoms with Gasteiger partial charge in [-0.25, -0.2) is 0 Å². The van der Waals surface area contributed by atoms with Gasteiger partial charge >= 0.3 is 17.9 Å². The van der Waals surface area contributed by atoms with Crippen LogP contribution < -0.4 is 0 Å². The minimum atomic E-state index is -0.787. The van der Waals surface area contributed by atoms with Crippen molar-refractivity contribution in [2.45, 2.75) is 232 Å². The van der Waals surface area contributed by atoms with E-state index in [9.17, 15) is 14.4 Å². The van der Waals surface area contributed by atoms with Crippen LogP contribution in [0.3, 0.4) is 0 Å². The molecule has 0 rings (SSSR count). The number of ether oxygens (including phenoxy) is 3.